The number of hydrogen-bond acceptors (Lipinski definition) is 4. The molecule has 1 aromatic heterocycles. The molecule has 0 saturated heterocycles. The largest absolute Gasteiger partial charge is 0.480 e. The summed E-state index contributed by atoms with van der Waals surface area (Å²) in [5.41, 5.74) is 3.65. The molecule has 1 aliphatic carbocycles. The molecular formula is C25H27FN2O3S. The molecule has 168 valence electrons. The van der Waals surface area contributed by atoms with Gasteiger partial charge in [-0.1, -0.05) is 30.3 Å². The van der Waals surface area contributed by atoms with E-state index in [4.69, 9.17) is 27.6 Å². The Labute approximate surface area is 192 Å². The predicted molar refractivity (Wildman–Crippen MR) is 124 cm³/mol. The van der Waals surface area contributed by atoms with Crippen LogP contribution in [-0.2, 0) is 16.1 Å². The molecule has 0 spiro atoms. The van der Waals surface area contributed by atoms with Crippen molar-refractivity contribution < 1.29 is 19.0 Å². The van der Waals surface area contributed by atoms with Gasteiger partial charge < -0.3 is 9.84 Å². The first-order chi connectivity index (χ1) is 15.5. The Hall–Kier alpha value is -2.64. The number of nitrogens with zero attached hydrogens (tertiary/aromatic N) is 2. The van der Waals surface area contributed by atoms with E-state index in [0.29, 0.717) is 18.4 Å². The van der Waals surface area contributed by atoms with E-state index in [-0.39, 0.29) is 12.4 Å². The molecule has 0 bridgehead atoms. The molecule has 0 unspecified atom stereocenters. The van der Waals surface area contributed by atoms with Crippen LogP contribution in [-0.4, -0.2) is 34.1 Å². The second kappa shape index (κ2) is 10.3. The van der Waals surface area contributed by atoms with Crippen molar-refractivity contribution in [3.05, 3.63) is 60.4 Å². The van der Waals surface area contributed by atoms with Crippen molar-refractivity contribution in [2.24, 2.45) is 11.8 Å². The Balaban J connectivity index is 1.51. The van der Waals surface area contributed by atoms with Gasteiger partial charge in [-0.25, -0.2) is 9.18 Å². The normalized spacial score (nSPS) is 18.6. The van der Waals surface area contributed by atoms with Crippen molar-refractivity contribution in [1.82, 2.24) is 9.78 Å². The summed E-state index contributed by atoms with van der Waals surface area (Å²) in [6, 6.07) is 16.4. The summed E-state index contributed by atoms with van der Waals surface area (Å²) in [5, 5.41) is 14.4. The summed E-state index contributed by atoms with van der Waals surface area (Å²) >= 11 is 4.85. The van der Waals surface area contributed by atoms with Crippen molar-refractivity contribution in [2.45, 2.75) is 37.3 Å². The summed E-state index contributed by atoms with van der Waals surface area (Å²) in [4.78, 5) is 10.6. The molecule has 4 rings (SSSR count). The second-order valence-corrected chi connectivity index (χ2v) is 8.82. The highest BCUT2D eigenvalue weighted by molar-refractivity contribution is 7.80. The number of hydrogen-bond donors (Lipinski definition) is 2. The number of carboxylic acid groups (broad SMARTS) is 1. The lowest BCUT2D eigenvalue weighted by Crippen LogP contribution is -2.23. The molecule has 2 aromatic carbocycles. The highest BCUT2D eigenvalue weighted by atomic mass is 32.1. The number of aliphatic carboxylic acids is 1. The van der Waals surface area contributed by atoms with Crippen LogP contribution in [0.1, 0.15) is 25.7 Å². The minimum atomic E-state index is -0.926. The van der Waals surface area contributed by atoms with E-state index in [1.54, 1.807) is 12.1 Å². The minimum Gasteiger partial charge on any atom is -0.480 e. The van der Waals surface area contributed by atoms with Crippen LogP contribution in [0, 0.1) is 17.7 Å². The van der Waals surface area contributed by atoms with Gasteiger partial charge in [0, 0.05) is 17.7 Å². The Morgan fingerprint density at radius 1 is 1.03 bits per heavy atom. The van der Waals surface area contributed by atoms with Crippen molar-refractivity contribution in [3.8, 4) is 22.4 Å². The number of rotatable bonds is 8. The fourth-order valence-electron chi connectivity index (χ4n) is 4.40. The summed E-state index contributed by atoms with van der Waals surface area (Å²) in [6.45, 7) is 1.04. The number of carboxylic acids is 1. The van der Waals surface area contributed by atoms with Crippen LogP contribution in [0.4, 0.5) is 4.39 Å². The molecular weight excluding hydrogens is 427 g/mol. The van der Waals surface area contributed by atoms with Crippen molar-refractivity contribution in [2.75, 3.05) is 13.2 Å². The van der Waals surface area contributed by atoms with E-state index in [2.05, 4.69) is 0 Å². The zero-order valence-electron chi connectivity index (χ0n) is 17.8. The standard InChI is InChI=1S/C25H27FN2O3S/c26-21-12-10-20(11-13-21)24-23(19-4-2-1-3-5-19)25(32)28(27-24)14-17-6-8-18(9-7-17)15-31-16-22(29)30/h1-5,10-13,17-18,32H,6-9,14-16H2,(H,29,30)/t17-,18+. The smallest absolute Gasteiger partial charge is 0.329 e. The maximum atomic E-state index is 13.5. The molecule has 32 heavy (non-hydrogen) atoms. The molecule has 0 atom stereocenters. The van der Waals surface area contributed by atoms with Gasteiger partial charge in [0.2, 0.25) is 0 Å². The van der Waals surface area contributed by atoms with E-state index in [9.17, 15) is 9.18 Å². The Morgan fingerprint density at radius 2 is 1.69 bits per heavy atom. The first-order valence-electron chi connectivity index (χ1n) is 10.9. The van der Waals surface area contributed by atoms with Gasteiger partial charge in [0.25, 0.3) is 0 Å². The highest BCUT2D eigenvalue weighted by Gasteiger charge is 2.25. The highest BCUT2D eigenvalue weighted by Crippen LogP contribution is 2.38. The fraction of sp³-hybridized carbons (Fsp3) is 0.360. The van der Waals surface area contributed by atoms with Gasteiger partial charge in [-0.3, -0.25) is 4.68 Å². The SMILES string of the molecule is O=C(O)COC[C@H]1CC[C@@H](Cn2nc(-c3ccc(F)cc3)c(-c3ccccc3)c2S)CC1. The molecule has 0 amide bonds. The Bertz CT molecular complexity index is 1050. The number of aromatic nitrogens is 2. The van der Waals surface area contributed by atoms with Crippen LogP contribution >= 0.6 is 12.6 Å². The number of halogens is 1. The summed E-state index contributed by atoms with van der Waals surface area (Å²) in [6.07, 6.45) is 4.12. The Morgan fingerprint density at radius 3 is 2.34 bits per heavy atom. The van der Waals surface area contributed by atoms with E-state index in [0.717, 1.165) is 59.6 Å². The summed E-state index contributed by atoms with van der Waals surface area (Å²) in [5.74, 6) is -0.316. The van der Waals surface area contributed by atoms with Crippen LogP contribution in [0.3, 0.4) is 0 Å². The van der Waals surface area contributed by atoms with Crippen molar-refractivity contribution in [3.63, 3.8) is 0 Å². The van der Waals surface area contributed by atoms with E-state index < -0.39 is 5.97 Å². The lowest BCUT2D eigenvalue weighted by molar-refractivity contribution is -0.142. The monoisotopic (exact) mass is 454 g/mol. The molecule has 0 radical (unpaired) electrons. The van der Waals surface area contributed by atoms with Gasteiger partial charge >= 0.3 is 5.97 Å². The van der Waals surface area contributed by atoms with Crippen LogP contribution in [0.25, 0.3) is 22.4 Å². The molecule has 1 N–H and O–H groups in total. The third-order valence-electron chi connectivity index (χ3n) is 6.08. The van der Waals surface area contributed by atoms with Crippen molar-refractivity contribution in [1.29, 1.82) is 0 Å². The van der Waals surface area contributed by atoms with E-state index >= 15 is 0 Å². The lowest BCUT2D eigenvalue weighted by atomic mass is 9.82. The number of benzene rings is 2. The first-order valence-corrected chi connectivity index (χ1v) is 11.4. The average Bonchev–Trinajstić information content (AvgIpc) is 3.11. The van der Waals surface area contributed by atoms with Crippen LogP contribution in [0.15, 0.2) is 59.6 Å². The Kier molecular flexibility index (Phi) is 7.27. The second-order valence-electron chi connectivity index (χ2n) is 8.40. The zero-order valence-corrected chi connectivity index (χ0v) is 18.7. The van der Waals surface area contributed by atoms with E-state index in [1.165, 1.54) is 12.1 Å². The van der Waals surface area contributed by atoms with Gasteiger partial charge in [0.05, 0.1) is 11.6 Å². The molecule has 1 heterocycles. The average molecular weight is 455 g/mol. The van der Waals surface area contributed by atoms with Gasteiger partial charge in [-0.15, -0.1) is 12.6 Å². The first kappa shape index (κ1) is 22.6. The quantitative estimate of drug-likeness (QED) is 0.438. The third-order valence-corrected chi connectivity index (χ3v) is 6.54. The van der Waals surface area contributed by atoms with E-state index in [1.807, 2.05) is 35.0 Å². The van der Waals surface area contributed by atoms with Gasteiger partial charge in [0.1, 0.15) is 18.1 Å². The van der Waals surface area contributed by atoms with Gasteiger partial charge in [-0.2, -0.15) is 5.10 Å². The van der Waals surface area contributed by atoms with Gasteiger partial charge in [-0.05, 0) is 67.3 Å². The molecule has 5 nitrogen and oxygen atoms in total. The topological polar surface area (TPSA) is 64.3 Å². The third kappa shape index (κ3) is 5.40. The maximum absolute atomic E-state index is 13.5. The molecule has 3 aromatic rings. The number of carbonyl (C=O) groups is 1. The van der Waals surface area contributed by atoms with Crippen molar-refractivity contribution >= 4 is 18.6 Å². The minimum absolute atomic E-state index is 0.231. The molecule has 7 heteroatoms. The molecule has 1 aliphatic rings. The summed E-state index contributed by atoms with van der Waals surface area (Å²) < 4.78 is 20.7. The fourth-order valence-corrected chi connectivity index (χ4v) is 4.76. The molecule has 1 saturated carbocycles. The van der Waals surface area contributed by atoms with Crippen LogP contribution < -0.4 is 0 Å². The number of ether oxygens (including phenoxy) is 1. The zero-order chi connectivity index (χ0) is 22.5. The maximum Gasteiger partial charge on any atom is 0.329 e. The summed E-state index contributed by atoms with van der Waals surface area (Å²) in [7, 11) is 0. The van der Waals surface area contributed by atoms with Gasteiger partial charge in [0.15, 0.2) is 0 Å². The predicted octanol–water partition coefficient (Wildman–Crippen LogP) is 5.55. The van der Waals surface area contributed by atoms with Crippen LogP contribution in [0.5, 0.6) is 0 Å². The molecule has 1 fully saturated rings. The number of thiol groups is 1. The molecule has 0 aliphatic heterocycles. The van der Waals surface area contributed by atoms with Crippen LogP contribution in [0.2, 0.25) is 0 Å². The lowest BCUT2D eigenvalue weighted by Gasteiger charge is -2.28.